The standard InChI is InChI=1S/C28H23FN4O/c1-17(2)33-16-32-26(19-7-10-24(29)11-8-19)27(33)21-9-12-25-22(13-21)14-23(15-31-25)18-3-5-20(6-4-18)28(30)34/h3-17H,1-2H3,(H2,30,34). The molecule has 5 rings (SSSR count). The molecule has 0 bridgehead atoms. The molecule has 1 amide bonds. The van der Waals surface area contributed by atoms with E-state index in [0.29, 0.717) is 5.56 Å². The summed E-state index contributed by atoms with van der Waals surface area (Å²) in [6.45, 7) is 4.21. The predicted molar refractivity (Wildman–Crippen MR) is 133 cm³/mol. The van der Waals surface area contributed by atoms with Gasteiger partial charge in [-0.1, -0.05) is 18.2 Å². The van der Waals surface area contributed by atoms with E-state index in [2.05, 4.69) is 40.5 Å². The summed E-state index contributed by atoms with van der Waals surface area (Å²) in [6.07, 6.45) is 3.65. The third kappa shape index (κ3) is 3.94. The third-order valence-corrected chi connectivity index (χ3v) is 5.93. The maximum absolute atomic E-state index is 13.5. The molecule has 0 spiro atoms. The van der Waals surface area contributed by atoms with E-state index in [1.807, 2.05) is 36.8 Å². The topological polar surface area (TPSA) is 73.8 Å². The molecule has 2 N–H and O–H groups in total. The highest BCUT2D eigenvalue weighted by Crippen LogP contribution is 2.35. The minimum absolute atomic E-state index is 0.195. The number of primary amides is 1. The van der Waals surface area contributed by atoms with Gasteiger partial charge in [0.2, 0.25) is 5.91 Å². The average molecular weight is 451 g/mol. The molecular formula is C28H23FN4O. The molecule has 6 heteroatoms. The van der Waals surface area contributed by atoms with E-state index in [1.165, 1.54) is 12.1 Å². The van der Waals surface area contributed by atoms with E-state index < -0.39 is 5.91 Å². The van der Waals surface area contributed by atoms with Gasteiger partial charge in [-0.3, -0.25) is 9.78 Å². The molecule has 0 fully saturated rings. The summed E-state index contributed by atoms with van der Waals surface area (Å²) in [5, 5.41) is 0.982. The molecule has 0 atom stereocenters. The van der Waals surface area contributed by atoms with Crippen molar-refractivity contribution < 1.29 is 9.18 Å². The number of amides is 1. The summed E-state index contributed by atoms with van der Waals surface area (Å²) >= 11 is 0. The van der Waals surface area contributed by atoms with E-state index in [0.717, 1.165) is 44.5 Å². The molecule has 0 unspecified atom stereocenters. The lowest BCUT2D eigenvalue weighted by molar-refractivity contribution is 0.100. The Kier molecular flexibility index (Phi) is 5.42. The zero-order valence-corrected chi connectivity index (χ0v) is 18.9. The first-order valence-electron chi connectivity index (χ1n) is 11.0. The van der Waals surface area contributed by atoms with Gasteiger partial charge in [0.15, 0.2) is 0 Å². The Morgan fingerprint density at radius 2 is 1.50 bits per heavy atom. The SMILES string of the molecule is CC(C)n1cnc(-c2ccc(F)cc2)c1-c1ccc2ncc(-c3ccc(C(N)=O)cc3)cc2c1. The second kappa shape index (κ2) is 8.56. The second-order valence-corrected chi connectivity index (χ2v) is 8.52. The quantitative estimate of drug-likeness (QED) is 0.344. The lowest BCUT2D eigenvalue weighted by atomic mass is 10.00. The number of carbonyl (C=O) groups excluding carboxylic acids is 1. The summed E-state index contributed by atoms with van der Waals surface area (Å²) in [5.41, 5.74) is 12.2. The first-order valence-corrected chi connectivity index (χ1v) is 11.0. The van der Waals surface area contributed by atoms with E-state index in [4.69, 9.17) is 5.73 Å². The van der Waals surface area contributed by atoms with Gasteiger partial charge in [-0.25, -0.2) is 9.37 Å². The molecule has 5 nitrogen and oxygen atoms in total. The van der Waals surface area contributed by atoms with Crippen molar-refractivity contribution in [2.24, 2.45) is 5.73 Å². The molecule has 3 aromatic carbocycles. The van der Waals surface area contributed by atoms with Crippen LogP contribution in [0, 0.1) is 5.82 Å². The monoisotopic (exact) mass is 450 g/mol. The Bertz CT molecular complexity index is 1500. The number of nitrogens with two attached hydrogens (primary N) is 1. The van der Waals surface area contributed by atoms with E-state index in [-0.39, 0.29) is 11.9 Å². The molecule has 0 saturated heterocycles. The van der Waals surface area contributed by atoms with Crippen molar-refractivity contribution in [2.75, 3.05) is 0 Å². The van der Waals surface area contributed by atoms with Crippen LogP contribution in [-0.4, -0.2) is 20.4 Å². The number of halogens is 1. The van der Waals surface area contributed by atoms with Crippen LogP contribution in [0.3, 0.4) is 0 Å². The number of hydrogen-bond donors (Lipinski definition) is 1. The Morgan fingerprint density at radius 3 is 2.18 bits per heavy atom. The highest BCUT2D eigenvalue weighted by molar-refractivity contribution is 5.94. The highest BCUT2D eigenvalue weighted by atomic mass is 19.1. The zero-order chi connectivity index (χ0) is 23.8. The van der Waals surface area contributed by atoms with Crippen LogP contribution in [-0.2, 0) is 0 Å². The molecule has 0 aliphatic rings. The summed E-state index contributed by atoms with van der Waals surface area (Å²) < 4.78 is 15.6. The molecule has 0 radical (unpaired) electrons. The van der Waals surface area contributed by atoms with Crippen LogP contribution in [0.15, 0.2) is 85.3 Å². The van der Waals surface area contributed by atoms with Crippen molar-refractivity contribution in [3.63, 3.8) is 0 Å². The molecule has 0 aliphatic carbocycles. The summed E-state index contributed by atoms with van der Waals surface area (Å²) in [6, 6.07) is 22.0. The largest absolute Gasteiger partial charge is 0.366 e. The van der Waals surface area contributed by atoms with Gasteiger partial charge >= 0.3 is 0 Å². The minimum atomic E-state index is -0.452. The highest BCUT2D eigenvalue weighted by Gasteiger charge is 2.17. The number of nitrogens with zero attached hydrogens (tertiary/aromatic N) is 3. The molecule has 0 saturated carbocycles. The van der Waals surface area contributed by atoms with Crippen LogP contribution in [0.1, 0.15) is 30.2 Å². The van der Waals surface area contributed by atoms with E-state index >= 15 is 0 Å². The maximum atomic E-state index is 13.5. The number of carbonyl (C=O) groups is 1. The number of pyridine rings is 1. The number of imidazole rings is 1. The van der Waals surface area contributed by atoms with Gasteiger partial charge < -0.3 is 10.3 Å². The number of benzene rings is 3. The minimum Gasteiger partial charge on any atom is -0.366 e. The van der Waals surface area contributed by atoms with E-state index in [1.54, 1.807) is 24.3 Å². The van der Waals surface area contributed by atoms with Crippen LogP contribution in [0.2, 0.25) is 0 Å². The van der Waals surface area contributed by atoms with Crippen LogP contribution in [0.25, 0.3) is 44.5 Å². The summed E-state index contributed by atoms with van der Waals surface area (Å²) in [5.74, 6) is -0.728. The summed E-state index contributed by atoms with van der Waals surface area (Å²) in [4.78, 5) is 20.7. The Labute approximate surface area is 196 Å². The van der Waals surface area contributed by atoms with E-state index in [9.17, 15) is 9.18 Å². The predicted octanol–water partition coefficient (Wildman–Crippen LogP) is 6.25. The first-order chi connectivity index (χ1) is 16.4. The van der Waals surface area contributed by atoms with Crippen LogP contribution in [0.5, 0.6) is 0 Å². The molecule has 0 aliphatic heterocycles. The van der Waals surface area contributed by atoms with Gasteiger partial charge in [-0.05, 0) is 74.0 Å². The van der Waals surface area contributed by atoms with Gasteiger partial charge in [0.1, 0.15) is 5.82 Å². The summed E-state index contributed by atoms with van der Waals surface area (Å²) in [7, 11) is 0. The van der Waals surface area contributed by atoms with Crippen molar-refractivity contribution in [1.29, 1.82) is 0 Å². The van der Waals surface area contributed by atoms with Crippen molar-refractivity contribution in [3.8, 4) is 33.6 Å². The number of fused-ring (bicyclic) bond motifs is 1. The third-order valence-electron chi connectivity index (χ3n) is 5.93. The van der Waals surface area contributed by atoms with Gasteiger partial charge in [-0.2, -0.15) is 0 Å². The van der Waals surface area contributed by atoms with Gasteiger partial charge in [0, 0.05) is 39.9 Å². The van der Waals surface area contributed by atoms with Gasteiger partial charge in [-0.15, -0.1) is 0 Å². The fraction of sp³-hybridized carbons (Fsp3) is 0.107. The lowest BCUT2D eigenvalue weighted by Crippen LogP contribution is -2.10. The fourth-order valence-electron chi connectivity index (χ4n) is 4.12. The second-order valence-electron chi connectivity index (χ2n) is 8.52. The van der Waals surface area contributed by atoms with Crippen molar-refractivity contribution in [2.45, 2.75) is 19.9 Å². The molecular weight excluding hydrogens is 427 g/mol. The number of aromatic nitrogens is 3. The average Bonchev–Trinajstić information content (AvgIpc) is 3.29. The molecule has 2 aromatic heterocycles. The molecule has 34 heavy (non-hydrogen) atoms. The molecule has 2 heterocycles. The van der Waals surface area contributed by atoms with Crippen molar-refractivity contribution >= 4 is 16.8 Å². The molecule has 168 valence electrons. The Balaban J connectivity index is 1.62. The Hall–Kier alpha value is -4.32. The van der Waals surface area contributed by atoms with Gasteiger partial charge in [0.25, 0.3) is 0 Å². The number of hydrogen-bond acceptors (Lipinski definition) is 3. The maximum Gasteiger partial charge on any atom is 0.248 e. The van der Waals surface area contributed by atoms with Crippen LogP contribution in [0.4, 0.5) is 4.39 Å². The van der Waals surface area contributed by atoms with Crippen LogP contribution < -0.4 is 5.73 Å². The van der Waals surface area contributed by atoms with Gasteiger partial charge in [0.05, 0.1) is 23.2 Å². The fourth-order valence-corrected chi connectivity index (χ4v) is 4.12. The van der Waals surface area contributed by atoms with Crippen molar-refractivity contribution in [1.82, 2.24) is 14.5 Å². The van der Waals surface area contributed by atoms with Crippen LogP contribution >= 0.6 is 0 Å². The first kappa shape index (κ1) is 21.5. The number of rotatable bonds is 5. The molecule has 5 aromatic rings. The van der Waals surface area contributed by atoms with Crippen molar-refractivity contribution in [3.05, 3.63) is 96.7 Å². The smallest absolute Gasteiger partial charge is 0.248 e. The zero-order valence-electron chi connectivity index (χ0n) is 18.9. The Morgan fingerprint density at radius 1 is 0.853 bits per heavy atom. The lowest BCUT2D eigenvalue weighted by Gasteiger charge is -2.14. The normalized spacial score (nSPS) is 11.3.